The van der Waals surface area contributed by atoms with Gasteiger partial charge < -0.3 is 14.6 Å². The van der Waals surface area contributed by atoms with E-state index in [1.54, 1.807) is 6.07 Å². The van der Waals surface area contributed by atoms with Gasteiger partial charge in [-0.15, -0.1) is 12.4 Å². The molecule has 0 spiro atoms. The molecule has 0 bridgehead atoms. The third-order valence-electron chi connectivity index (χ3n) is 3.44. The number of rotatable bonds is 5. The van der Waals surface area contributed by atoms with E-state index in [4.69, 9.17) is 0 Å². The monoisotopic (exact) mass is 282 g/mol. The molecular formula is C15H23ClN2O. The molecule has 3 nitrogen and oxygen atoms in total. The molecule has 1 heterocycles. The molecule has 0 atom stereocenters. The zero-order chi connectivity index (χ0) is 13.1. The van der Waals surface area contributed by atoms with Crippen molar-refractivity contribution in [2.45, 2.75) is 19.8 Å². The fourth-order valence-corrected chi connectivity index (χ4v) is 2.51. The average molecular weight is 283 g/mol. The minimum Gasteiger partial charge on any atom is -0.507 e. The fraction of sp³-hybridized carbons (Fsp3) is 0.467. The van der Waals surface area contributed by atoms with Crippen molar-refractivity contribution < 1.29 is 5.11 Å². The first-order valence-corrected chi connectivity index (χ1v) is 6.58. The van der Waals surface area contributed by atoms with Crippen molar-refractivity contribution in [3.8, 4) is 5.75 Å². The number of phenols is 1. The normalized spacial score (nSPS) is 10.9. The van der Waals surface area contributed by atoms with Crippen molar-refractivity contribution in [2.75, 3.05) is 20.1 Å². The third kappa shape index (κ3) is 3.43. The molecule has 0 aliphatic heterocycles. The van der Waals surface area contributed by atoms with Crippen LogP contribution in [0.2, 0.25) is 0 Å². The van der Waals surface area contributed by atoms with E-state index in [1.807, 2.05) is 19.2 Å². The number of aromatic nitrogens is 1. The summed E-state index contributed by atoms with van der Waals surface area (Å²) in [6.45, 7) is 4.35. The number of benzene rings is 1. The number of halogens is 1. The Labute approximate surface area is 121 Å². The van der Waals surface area contributed by atoms with Crippen LogP contribution in [0, 0.1) is 0 Å². The number of hydrogen-bond donors (Lipinski definition) is 1. The van der Waals surface area contributed by atoms with E-state index in [0.717, 1.165) is 30.4 Å². The van der Waals surface area contributed by atoms with Crippen molar-refractivity contribution in [1.82, 2.24) is 9.47 Å². The van der Waals surface area contributed by atoms with Gasteiger partial charge >= 0.3 is 0 Å². The van der Waals surface area contributed by atoms with Crippen LogP contribution in [0.25, 0.3) is 10.9 Å². The minimum absolute atomic E-state index is 0. The third-order valence-corrected chi connectivity index (χ3v) is 3.44. The highest BCUT2D eigenvalue weighted by Crippen LogP contribution is 2.29. The van der Waals surface area contributed by atoms with Crippen molar-refractivity contribution in [2.24, 2.45) is 7.05 Å². The summed E-state index contributed by atoms with van der Waals surface area (Å²) in [7, 11) is 4.18. The van der Waals surface area contributed by atoms with Crippen LogP contribution >= 0.6 is 12.4 Å². The van der Waals surface area contributed by atoms with E-state index in [1.165, 1.54) is 12.0 Å². The average Bonchev–Trinajstić information content (AvgIpc) is 2.66. The SMILES string of the molecule is CCCN(C)CCc1cn(C)c2cccc(O)c12.Cl. The van der Waals surface area contributed by atoms with Gasteiger partial charge in [-0.2, -0.15) is 0 Å². The number of nitrogens with zero attached hydrogens (tertiary/aromatic N) is 2. The summed E-state index contributed by atoms with van der Waals surface area (Å²) in [4.78, 5) is 2.33. The van der Waals surface area contributed by atoms with Crippen LogP contribution in [0.5, 0.6) is 5.75 Å². The number of hydrogen-bond acceptors (Lipinski definition) is 2. The minimum atomic E-state index is 0. The molecule has 19 heavy (non-hydrogen) atoms. The molecule has 1 aromatic heterocycles. The lowest BCUT2D eigenvalue weighted by Gasteiger charge is -2.14. The summed E-state index contributed by atoms with van der Waals surface area (Å²) in [5.41, 5.74) is 2.33. The van der Waals surface area contributed by atoms with Crippen LogP contribution in [0.4, 0.5) is 0 Å². The summed E-state index contributed by atoms with van der Waals surface area (Å²) >= 11 is 0. The maximum atomic E-state index is 10.0. The largest absolute Gasteiger partial charge is 0.507 e. The van der Waals surface area contributed by atoms with E-state index in [-0.39, 0.29) is 12.4 Å². The van der Waals surface area contributed by atoms with E-state index in [9.17, 15) is 5.11 Å². The molecule has 1 N–H and O–H groups in total. The lowest BCUT2D eigenvalue weighted by Crippen LogP contribution is -2.21. The summed E-state index contributed by atoms with van der Waals surface area (Å²) in [6.07, 6.45) is 4.28. The first-order chi connectivity index (χ1) is 8.63. The smallest absolute Gasteiger partial charge is 0.125 e. The zero-order valence-corrected chi connectivity index (χ0v) is 12.7. The Morgan fingerprint density at radius 1 is 1.26 bits per heavy atom. The van der Waals surface area contributed by atoms with Crippen LogP contribution in [-0.4, -0.2) is 34.7 Å². The molecule has 0 saturated heterocycles. The Bertz CT molecular complexity index is 536. The van der Waals surface area contributed by atoms with Gasteiger partial charge in [-0.3, -0.25) is 0 Å². The lowest BCUT2D eigenvalue weighted by molar-refractivity contribution is 0.339. The number of aromatic hydroxyl groups is 1. The first-order valence-electron chi connectivity index (χ1n) is 6.58. The van der Waals surface area contributed by atoms with Gasteiger partial charge in [0.05, 0.1) is 5.52 Å². The predicted molar refractivity (Wildman–Crippen MR) is 83.3 cm³/mol. The van der Waals surface area contributed by atoms with Crippen molar-refractivity contribution in [3.63, 3.8) is 0 Å². The van der Waals surface area contributed by atoms with Gasteiger partial charge in [-0.1, -0.05) is 13.0 Å². The molecule has 0 aliphatic rings. The second kappa shape index (κ2) is 6.83. The number of aryl methyl sites for hydroxylation is 1. The topological polar surface area (TPSA) is 28.4 Å². The molecule has 0 amide bonds. The van der Waals surface area contributed by atoms with Gasteiger partial charge in [0.1, 0.15) is 5.75 Å². The Balaban J connectivity index is 0.00000180. The maximum Gasteiger partial charge on any atom is 0.125 e. The maximum absolute atomic E-state index is 10.0. The predicted octanol–water partition coefficient (Wildman–Crippen LogP) is 3.19. The van der Waals surface area contributed by atoms with Crippen LogP contribution in [0.1, 0.15) is 18.9 Å². The Kier molecular flexibility index (Phi) is 5.70. The van der Waals surface area contributed by atoms with Crippen LogP contribution in [0.15, 0.2) is 24.4 Å². The number of fused-ring (bicyclic) bond motifs is 1. The highest BCUT2D eigenvalue weighted by Gasteiger charge is 2.10. The Hall–Kier alpha value is -1.19. The summed E-state index contributed by atoms with van der Waals surface area (Å²) in [5, 5.41) is 11.0. The van der Waals surface area contributed by atoms with E-state index >= 15 is 0 Å². The molecule has 106 valence electrons. The second-order valence-electron chi connectivity index (χ2n) is 4.99. The molecule has 0 unspecified atom stereocenters. The quantitative estimate of drug-likeness (QED) is 0.912. The number of phenolic OH excluding ortho intramolecular Hbond substituents is 1. The van der Waals surface area contributed by atoms with Gasteiger partial charge in [0, 0.05) is 25.2 Å². The first kappa shape index (κ1) is 15.9. The molecule has 1 aromatic carbocycles. The van der Waals surface area contributed by atoms with Crippen LogP contribution in [0.3, 0.4) is 0 Å². The van der Waals surface area contributed by atoms with Gasteiger partial charge in [0.25, 0.3) is 0 Å². The standard InChI is InChI=1S/C15H22N2O.ClH/c1-4-9-16(2)10-8-12-11-17(3)13-6-5-7-14(18)15(12)13;/h5-7,11,18H,4,8-10H2,1-3H3;1H. The highest BCUT2D eigenvalue weighted by molar-refractivity contribution is 5.89. The molecule has 2 aromatic rings. The number of likely N-dealkylation sites (N-methyl/N-ethyl adjacent to an activating group) is 1. The second-order valence-corrected chi connectivity index (χ2v) is 4.99. The molecule has 2 rings (SSSR count). The lowest BCUT2D eigenvalue weighted by atomic mass is 10.1. The summed E-state index contributed by atoms with van der Waals surface area (Å²) in [5.74, 6) is 0.390. The fourth-order valence-electron chi connectivity index (χ4n) is 2.51. The van der Waals surface area contributed by atoms with Crippen molar-refractivity contribution >= 4 is 23.3 Å². The van der Waals surface area contributed by atoms with Gasteiger partial charge in [-0.25, -0.2) is 0 Å². The van der Waals surface area contributed by atoms with Crippen molar-refractivity contribution in [1.29, 1.82) is 0 Å². The van der Waals surface area contributed by atoms with E-state index < -0.39 is 0 Å². The van der Waals surface area contributed by atoms with Crippen LogP contribution < -0.4 is 0 Å². The summed E-state index contributed by atoms with van der Waals surface area (Å²) in [6, 6.07) is 5.71. The molecule has 0 fully saturated rings. The molecule has 0 aliphatic carbocycles. The highest BCUT2D eigenvalue weighted by atomic mass is 35.5. The molecule has 4 heteroatoms. The summed E-state index contributed by atoms with van der Waals surface area (Å²) < 4.78 is 2.09. The Morgan fingerprint density at radius 3 is 2.68 bits per heavy atom. The van der Waals surface area contributed by atoms with E-state index in [2.05, 4.69) is 29.6 Å². The van der Waals surface area contributed by atoms with Gasteiger partial charge in [0.15, 0.2) is 0 Å². The molecular weight excluding hydrogens is 260 g/mol. The Morgan fingerprint density at radius 2 is 2.00 bits per heavy atom. The van der Waals surface area contributed by atoms with Gasteiger partial charge in [0.2, 0.25) is 0 Å². The van der Waals surface area contributed by atoms with E-state index in [0.29, 0.717) is 5.75 Å². The molecule has 0 radical (unpaired) electrons. The molecule has 0 saturated carbocycles. The zero-order valence-electron chi connectivity index (χ0n) is 11.9. The van der Waals surface area contributed by atoms with Crippen molar-refractivity contribution in [3.05, 3.63) is 30.0 Å². The van der Waals surface area contributed by atoms with Gasteiger partial charge in [-0.05, 0) is 44.1 Å². The van der Waals surface area contributed by atoms with Crippen LogP contribution in [-0.2, 0) is 13.5 Å².